The van der Waals surface area contributed by atoms with E-state index in [4.69, 9.17) is 9.47 Å². The standard InChI is InChI=1S/C34H53FO4/c1-3-5-6-7-24-8-12-26(13-9-24)27-14-10-25(11-15-27)23-39-29-18-16-28(17-19-29)30-20-21-31(33(36)32(30)35)34(37)38-22-4-2/h20-21,24-29,36H,3-19,22-23H2,1-2H3. The van der Waals surface area contributed by atoms with Crippen LogP contribution in [-0.4, -0.2) is 30.4 Å². The second-order valence-electron chi connectivity index (χ2n) is 12.9. The summed E-state index contributed by atoms with van der Waals surface area (Å²) in [7, 11) is 0. The minimum Gasteiger partial charge on any atom is -0.504 e. The van der Waals surface area contributed by atoms with E-state index in [1.54, 1.807) is 6.07 Å². The molecular weight excluding hydrogens is 491 g/mol. The molecule has 4 nitrogen and oxygen atoms in total. The monoisotopic (exact) mass is 544 g/mol. The maximum atomic E-state index is 15.0. The van der Waals surface area contributed by atoms with E-state index in [9.17, 15) is 14.3 Å². The van der Waals surface area contributed by atoms with Crippen LogP contribution in [0, 0.1) is 29.5 Å². The first kappa shape index (κ1) is 30.3. The van der Waals surface area contributed by atoms with Gasteiger partial charge in [-0.1, -0.05) is 58.4 Å². The number of ether oxygens (including phenoxy) is 2. The first-order valence-corrected chi connectivity index (χ1v) is 16.3. The molecule has 0 bridgehead atoms. The molecule has 3 aliphatic rings. The van der Waals surface area contributed by atoms with Gasteiger partial charge in [0.2, 0.25) is 0 Å². The molecule has 4 rings (SSSR count). The summed E-state index contributed by atoms with van der Waals surface area (Å²) in [6.45, 7) is 5.32. The third-order valence-corrected chi connectivity index (χ3v) is 10.2. The number of unbranched alkanes of at least 4 members (excludes halogenated alkanes) is 2. The van der Waals surface area contributed by atoms with Crippen molar-refractivity contribution >= 4 is 5.97 Å². The van der Waals surface area contributed by atoms with Gasteiger partial charge in [-0.2, -0.15) is 0 Å². The highest BCUT2D eigenvalue weighted by Gasteiger charge is 2.32. The summed E-state index contributed by atoms with van der Waals surface area (Å²) in [5, 5.41) is 10.3. The molecule has 0 spiro atoms. The number of carbonyl (C=O) groups excluding carboxylic acids is 1. The van der Waals surface area contributed by atoms with Gasteiger partial charge in [-0.05, 0) is 112 Å². The Balaban J connectivity index is 1.14. The molecule has 220 valence electrons. The van der Waals surface area contributed by atoms with Gasteiger partial charge in [0.15, 0.2) is 11.6 Å². The molecule has 1 aromatic rings. The van der Waals surface area contributed by atoms with Crippen LogP contribution in [0.4, 0.5) is 4.39 Å². The van der Waals surface area contributed by atoms with Gasteiger partial charge in [-0.3, -0.25) is 0 Å². The Hall–Kier alpha value is -1.62. The molecule has 0 aliphatic heterocycles. The van der Waals surface area contributed by atoms with Gasteiger partial charge in [-0.25, -0.2) is 9.18 Å². The predicted octanol–water partition coefficient (Wildman–Crippen LogP) is 9.33. The number of halogens is 1. The summed E-state index contributed by atoms with van der Waals surface area (Å²) in [6, 6.07) is 3.16. The number of benzene rings is 1. The zero-order valence-electron chi connectivity index (χ0n) is 24.6. The van der Waals surface area contributed by atoms with Crippen LogP contribution in [0.15, 0.2) is 12.1 Å². The quantitative estimate of drug-likeness (QED) is 0.210. The molecule has 0 radical (unpaired) electrons. The topological polar surface area (TPSA) is 55.8 Å². The molecule has 1 aromatic carbocycles. The molecule has 0 amide bonds. The zero-order valence-corrected chi connectivity index (χ0v) is 24.6. The van der Waals surface area contributed by atoms with Crippen molar-refractivity contribution in [2.75, 3.05) is 13.2 Å². The second kappa shape index (κ2) is 15.4. The van der Waals surface area contributed by atoms with Crippen molar-refractivity contribution < 1.29 is 23.8 Å². The molecule has 3 fully saturated rings. The molecule has 5 heteroatoms. The normalized spacial score (nSPS) is 29.7. The molecule has 39 heavy (non-hydrogen) atoms. The van der Waals surface area contributed by atoms with Crippen molar-refractivity contribution in [3.05, 3.63) is 29.1 Å². The lowest BCUT2D eigenvalue weighted by molar-refractivity contribution is -0.00789. The SMILES string of the molecule is CCCCCC1CCC(C2CCC(COC3CCC(c4ccc(C(=O)OCCC)c(O)c4F)CC3)CC2)CC1. The van der Waals surface area contributed by atoms with E-state index in [1.165, 1.54) is 83.1 Å². The average molecular weight is 545 g/mol. The Bertz CT molecular complexity index is 877. The fourth-order valence-electron chi connectivity index (χ4n) is 7.60. The van der Waals surface area contributed by atoms with Crippen LogP contribution in [-0.2, 0) is 9.47 Å². The fourth-order valence-corrected chi connectivity index (χ4v) is 7.60. The number of aromatic hydroxyl groups is 1. The lowest BCUT2D eigenvalue weighted by atomic mass is 9.69. The molecule has 0 aromatic heterocycles. The van der Waals surface area contributed by atoms with Crippen molar-refractivity contribution in [2.24, 2.45) is 23.7 Å². The first-order valence-electron chi connectivity index (χ1n) is 16.3. The summed E-state index contributed by atoms with van der Waals surface area (Å²) in [6.07, 6.45) is 21.4. The molecular formula is C34H53FO4. The molecule has 3 aliphatic carbocycles. The van der Waals surface area contributed by atoms with Gasteiger partial charge in [0.1, 0.15) is 5.56 Å². The van der Waals surface area contributed by atoms with Gasteiger partial charge in [0, 0.05) is 6.61 Å². The van der Waals surface area contributed by atoms with Crippen LogP contribution >= 0.6 is 0 Å². The van der Waals surface area contributed by atoms with Gasteiger partial charge < -0.3 is 14.6 Å². The molecule has 3 saturated carbocycles. The predicted molar refractivity (Wildman–Crippen MR) is 155 cm³/mol. The molecule has 1 N–H and O–H groups in total. The minimum absolute atomic E-state index is 0.0497. The summed E-state index contributed by atoms with van der Waals surface area (Å²) in [5.41, 5.74) is 0.415. The van der Waals surface area contributed by atoms with Crippen LogP contribution in [0.5, 0.6) is 5.75 Å². The van der Waals surface area contributed by atoms with E-state index in [2.05, 4.69) is 6.92 Å². The summed E-state index contributed by atoms with van der Waals surface area (Å²) < 4.78 is 26.4. The molecule has 0 unspecified atom stereocenters. The maximum absolute atomic E-state index is 15.0. The van der Waals surface area contributed by atoms with E-state index in [-0.39, 0.29) is 24.2 Å². The minimum atomic E-state index is -0.674. The van der Waals surface area contributed by atoms with Gasteiger partial charge >= 0.3 is 5.97 Å². The number of phenolic OH excluding ortho intramolecular Hbond substituents is 1. The van der Waals surface area contributed by atoms with Gasteiger partial charge in [0.25, 0.3) is 0 Å². The van der Waals surface area contributed by atoms with Crippen LogP contribution in [0.25, 0.3) is 0 Å². The van der Waals surface area contributed by atoms with Crippen molar-refractivity contribution in [3.63, 3.8) is 0 Å². The third kappa shape index (κ3) is 8.44. The first-order chi connectivity index (χ1) is 19.0. The summed E-state index contributed by atoms with van der Waals surface area (Å²) in [4.78, 5) is 12.1. The Morgan fingerprint density at radius 3 is 2.10 bits per heavy atom. The third-order valence-electron chi connectivity index (χ3n) is 10.2. The Morgan fingerprint density at radius 1 is 0.846 bits per heavy atom. The van der Waals surface area contributed by atoms with Crippen LogP contribution < -0.4 is 0 Å². The average Bonchev–Trinajstić information content (AvgIpc) is 2.97. The maximum Gasteiger partial charge on any atom is 0.342 e. The van der Waals surface area contributed by atoms with Gasteiger partial charge in [0.05, 0.1) is 12.7 Å². The van der Waals surface area contributed by atoms with Crippen molar-refractivity contribution in [1.82, 2.24) is 0 Å². The molecule has 0 heterocycles. The highest BCUT2D eigenvalue weighted by atomic mass is 19.1. The zero-order chi connectivity index (χ0) is 27.6. The Morgan fingerprint density at radius 2 is 1.49 bits per heavy atom. The van der Waals surface area contributed by atoms with E-state index >= 15 is 0 Å². The number of phenols is 1. The number of rotatable bonds is 12. The van der Waals surface area contributed by atoms with Crippen molar-refractivity contribution in [2.45, 2.75) is 135 Å². The fraction of sp³-hybridized carbons (Fsp3) is 0.794. The number of carbonyl (C=O) groups is 1. The van der Waals surface area contributed by atoms with E-state index in [1.807, 2.05) is 6.92 Å². The van der Waals surface area contributed by atoms with Crippen LogP contribution in [0.2, 0.25) is 0 Å². The van der Waals surface area contributed by atoms with E-state index in [0.717, 1.165) is 50.0 Å². The Labute approximate surface area is 236 Å². The number of hydrogen-bond acceptors (Lipinski definition) is 4. The van der Waals surface area contributed by atoms with Crippen molar-refractivity contribution in [1.29, 1.82) is 0 Å². The Kier molecular flexibility index (Phi) is 12.0. The summed E-state index contributed by atoms with van der Waals surface area (Å²) >= 11 is 0. The number of hydrogen-bond donors (Lipinski definition) is 1. The van der Waals surface area contributed by atoms with Crippen LogP contribution in [0.3, 0.4) is 0 Å². The molecule has 0 atom stereocenters. The summed E-state index contributed by atoms with van der Waals surface area (Å²) in [5.74, 6) is 1.74. The highest BCUT2D eigenvalue weighted by Crippen LogP contribution is 2.43. The highest BCUT2D eigenvalue weighted by molar-refractivity contribution is 5.92. The molecule has 0 saturated heterocycles. The van der Waals surface area contributed by atoms with E-state index < -0.39 is 17.5 Å². The smallest absolute Gasteiger partial charge is 0.342 e. The largest absolute Gasteiger partial charge is 0.504 e. The van der Waals surface area contributed by atoms with Crippen molar-refractivity contribution in [3.8, 4) is 5.75 Å². The lowest BCUT2D eigenvalue weighted by Gasteiger charge is -2.38. The second-order valence-corrected chi connectivity index (χ2v) is 12.9. The lowest BCUT2D eigenvalue weighted by Crippen LogP contribution is -2.29. The van der Waals surface area contributed by atoms with E-state index in [0.29, 0.717) is 17.9 Å². The number of esters is 1. The van der Waals surface area contributed by atoms with Crippen LogP contribution in [0.1, 0.15) is 145 Å². The van der Waals surface area contributed by atoms with Gasteiger partial charge in [-0.15, -0.1) is 0 Å².